The van der Waals surface area contributed by atoms with Crippen molar-refractivity contribution >= 4 is 47.5 Å². The highest BCUT2D eigenvalue weighted by Crippen LogP contribution is 2.19. The van der Waals surface area contributed by atoms with E-state index < -0.39 is 0 Å². The van der Waals surface area contributed by atoms with Gasteiger partial charge in [-0.1, -0.05) is 11.6 Å². The standard InChI is InChI=1S/C19H28ClN3O3.HI/c1-4-25-18(24)15-9-11-23(12-10-15)19(21-3)22-13-14(2)26-17-7-5-16(20)6-8-17;/h5-8,14-15H,4,9-13H2,1-3H3,(H,21,22);1H. The molecule has 1 atom stereocenters. The molecule has 1 aliphatic heterocycles. The first-order valence-corrected chi connectivity index (χ1v) is 9.45. The summed E-state index contributed by atoms with van der Waals surface area (Å²) in [6, 6.07) is 7.33. The lowest BCUT2D eigenvalue weighted by atomic mass is 9.97. The van der Waals surface area contributed by atoms with Gasteiger partial charge in [0, 0.05) is 25.2 Å². The Morgan fingerprint density at radius 3 is 2.52 bits per heavy atom. The molecule has 0 aromatic heterocycles. The number of nitrogens with zero attached hydrogens (tertiary/aromatic N) is 2. The van der Waals surface area contributed by atoms with E-state index in [1.165, 1.54) is 0 Å². The van der Waals surface area contributed by atoms with E-state index in [-0.39, 0.29) is 42.0 Å². The first-order valence-electron chi connectivity index (χ1n) is 9.08. The number of likely N-dealkylation sites (tertiary alicyclic amines) is 1. The lowest BCUT2D eigenvalue weighted by Crippen LogP contribution is -2.48. The summed E-state index contributed by atoms with van der Waals surface area (Å²) in [7, 11) is 1.77. The van der Waals surface area contributed by atoms with Crippen molar-refractivity contribution in [3.05, 3.63) is 29.3 Å². The number of benzene rings is 1. The van der Waals surface area contributed by atoms with Crippen LogP contribution in [0.2, 0.25) is 5.02 Å². The predicted molar refractivity (Wildman–Crippen MR) is 119 cm³/mol. The van der Waals surface area contributed by atoms with E-state index in [1.54, 1.807) is 7.05 Å². The fourth-order valence-corrected chi connectivity index (χ4v) is 3.07. The molecule has 1 heterocycles. The number of nitrogens with one attached hydrogen (secondary N) is 1. The number of rotatable bonds is 6. The maximum absolute atomic E-state index is 11.8. The number of piperidine rings is 1. The number of hydrogen-bond donors (Lipinski definition) is 1. The van der Waals surface area contributed by atoms with Crippen LogP contribution >= 0.6 is 35.6 Å². The third-order valence-corrected chi connectivity index (χ3v) is 4.58. The Bertz CT molecular complexity index is 605. The topological polar surface area (TPSA) is 63.2 Å². The average molecular weight is 510 g/mol. The fraction of sp³-hybridized carbons (Fsp3) is 0.579. The first kappa shape index (κ1) is 23.8. The average Bonchev–Trinajstić information content (AvgIpc) is 2.65. The van der Waals surface area contributed by atoms with Gasteiger partial charge in [-0.15, -0.1) is 24.0 Å². The molecule has 0 saturated carbocycles. The van der Waals surface area contributed by atoms with Gasteiger partial charge in [0.2, 0.25) is 0 Å². The Morgan fingerprint density at radius 2 is 1.96 bits per heavy atom. The molecule has 0 amide bonds. The third-order valence-electron chi connectivity index (χ3n) is 4.32. The maximum atomic E-state index is 11.8. The van der Waals surface area contributed by atoms with Crippen LogP contribution in [0, 0.1) is 5.92 Å². The first-order chi connectivity index (χ1) is 12.5. The summed E-state index contributed by atoms with van der Waals surface area (Å²) in [4.78, 5) is 18.4. The van der Waals surface area contributed by atoms with Gasteiger partial charge in [0.25, 0.3) is 0 Å². The Labute approximate surface area is 183 Å². The van der Waals surface area contributed by atoms with E-state index in [0.717, 1.165) is 37.6 Å². The van der Waals surface area contributed by atoms with Gasteiger partial charge in [-0.05, 0) is 51.0 Å². The molecule has 8 heteroatoms. The van der Waals surface area contributed by atoms with Crippen LogP contribution in [0.25, 0.3) is 0 Å². The Hall–Kier alpha value is -1.22. The van der Waals surface area contributed by atoms with Crippen molar-refractivity contribution in [1.82, 2.24) is 10.2 Å². The second-order valence-electron chi connectivity index (χ2n) is 6.32. The highest BCUT2D eigenvalue weighted by atomic mass is 127. The molecule has 1 unspecified atom stereocenters. The summed E-state index contributed by atoms with van der Waals surface area (Å²) in [6.07, 6.45) is 1.55. The van der Waals surface area contributed by atoms with Crippen LogP contribution in [-0.2, 0) is 9.53 Å². The molecule has 1 aromatic rings. The van der Waals surface area contributed by atoms with Gasteiger partial charge in [0.15, 0.2) is 5.96 Å². The Morgan fingerprint density at radius 1 is 1.33 bits per heavy atom. The SMILES string of the molecule is CCOC(=O)C1CCN(C(=NC)NCC(C)Oc2ccc(Cl)cc2)CC1.I. The van der Waals surface area contributed by atoms with Gasteiger partial charge < -0.3 is 19.7 Å². The molecule has 1 fully saturated rings. The highest BCUT2D eigenvalue weighted by molar-refractivity contribution is 14.0. The van der Waals surface area contributed by atoms with Gasteiger partial charge in [0.1, 0.15) is 11.9 Å². The van der Waals surface area contributed by atoms with Crippen LogP contribution < -0.4 is 10.1 Å². The van der Waals surface area contributed by atoms with E-state index in [2.05, 4.69) is 15.2 Å². The quantitative estimate of drug-likeness (QED) is 0.275. The fourth-order valence-electron chi connectivity index (χ4n) is 2.94. The summed E-state index contributed by atoms with van der Waals surface area (Å²) >= 11 is 5.88. The number of carbonyl (C=O) groups is 1. The summed E-state index contributed by atoms with van der Waals surface area (Å²) in [5.74, 6) is 1.53. The second-order valence-corrected chi connectivity index (χ2v) is 6.76. The molecule has 0 aliphatic carbocycles. The number of guanidine groups is 1. The normalized spacial score (nSPS) is 16.3. The van der Waals surface area contributed by atoms with E-state index in [1.807, 2.05) is 38.1 Å². The van der Waals surface area contributed by atoms with E-state index in [9.17, 15) is 4.79 Å². The molecule has 1 N–H and O–H groups in total. The summed E-state index contributed by atoms with van der Waals surface area (Å²) in [6.45, 7) is 6.49. The molecule has 0 bridgehead atoms. The molecule has 1 aliphatic rings. The smallest absolute Gasteiger partial charge is 0.309 e. The van der Waals surface area contributed by atoms with Crippen molar-refractivity contribution in [3.63, 3.8) is 0 Å². The van der Waals surface area contributed by atoms with Crippen molar-refractivity contribution in [1.29, 1.82) is 0 Å². The number of ether oxygens (including phenoxy) is 2. The molecule has 2 rings (SSSR count). The molecule has 6 nitrogen and oxygen atoms in total. The zero-order valence-corrected chi connectivity index (χ0v) is 19.2. The largest absolute Gasteiger partial charge is 0.489 e. The van der Waals surface area contributed by atoms with Gasteiger partial charge in [-0.3, -0.25) is 9.79 Å². The molecule has 1 aromatic carbocycles. The molecule has 0 spiro atoms. The second kappa shape index (κ2) is 12.3. The minimum atomic E-state index is -0.0833. The van der Waals surface area contributed by atoms with Crippen molar-refractivity contribution in [2.45, 2.75) is 32.8 Å². The third kappa shape index (κ3) is 7.73. The molecule has 1 saturated heterocycles. The molecule has 27 heavy (non-hydrogen) atoms. The van der Waals surface area contributed by atoms with E-state index in [4.69, 9.17) is 21.1 Å². The highest BCUT2D eigenvalue weighted by Gasteiger charge is 2.27. The zero-order valence-electron chi connectivity index (χ0n) is 16.1. The number of aliphatic imine (C=N–C) groups is 1. The van der Waals surface area contributed by atoms with Gasteiger partial charge >= 0.3 is 5.97 Å². The number of carbonyl (C=O) groups excluding carboxylic acids is 1. The van der Waals surface area contributed by atoms with Crippen LogP contribution in [0.3, 0.4) is 0 Å². The van der Waals surface area contributed by atoms with Crippen LogP contribution in [0.4, 0.5) is 0 Å². The van der Waals surface area contributed by atoms with Crippen LogP contribution in [0.1, 0.15) is 26.7 Å². The maximum Gasteiger partial charge on any atom is 0.309 e. The number of halogens is 2. The van der Waals surface area contributed by atoms with Crippen molar-refractivity contribution in [2.75, 3.05) is 33.3 Å². The van der Waals surface area contributed by atoms with Crippen LogP contribution in [0.5, 0.6) is 5.75 Å². The van der Waals surface area contributed by atoms with Gasteiger partial charge in [-0.25, -0.2) is 0 Å². The van der Waals surface area contributed by atoms with E-state index in [0.29, 0.717) is 18.2 Å². The summed E-state index contributed by atoms with van der Waals surface area (Å²) in [5, 5.41) is 4.04. The molecule has 152 valence electrons. The van der Waals surface area contributed by atoms with Crippen molar-refractivity contribution in [2.24, 2.45) is 10.9 Å². The lowest BCUT2D eigenvalue weighted by Gasteiger charge is -2.33. The Kier molecular flexibility index (Phi) is 10.8. The van der Waals surface area contributed by atoms with Gasteiger partial charge in [0.05, 0.1) is 19.1 Å². The van der Waals surface area contributed by atoms with Crippen molar-refractivity contribution < 1.29 is 14.3 Å². The molecular weight excluding hydrogens is 481 g/mol. The predicted octanol–water partition coefficient (Wildman–Crippen LogP) is 3.58. The summed E-state index contributed by atoms with van der Waals surface area (Å²) < 4.78 is 11.0. The monoisotopic (exact) mass is 509 g/mol. The van der Waals surface area contributed by atoms with Crippen LogP contribution in [0.15, 0.2) is 29.3 Å². The lowest BCUT2D eigenvalue weighted by molar-refractivity contribution is -0.149. The van der Waals surface area contributed by atoms with Crippen molar-refractivity contribution in [3.8, 4) is 5.75 Å². The van der Waals surface area contributed by atoms with Gasteiger partial charge in [-0.2, -0.15) is 0 Å². The van der Waals surface area contributed by atoms with Crippen LogP contribution in [-0.4, -0.2) is 56.2 Å². The number of hydrogen-bond acceptors (Lipinski definition) is 4. The molecule has 0 radical (unpaired) electrons. The minimum Gasteiger partial charge on any atom is -0.489 e. The molecular formula is C19H29ClIN3O3. The zero-order chi connectivity index (χ0) is 18.9. The minimum absolute atomic E-state index is 0. The number of esters is 1. The van der Waals surface area contributed by atoms with E-state index >= 15 is 0 Å². The summed E-state index contributed by atoms with van der Waals surface area (Å²) in [5.41, 5.74) is 0. The Balaban J connectivity index is 0.00000364.